The summed E-state index contributed by atoms with van der Waals surface area (Å²) < 4.78 is 0. The monoisotopic (exact) mass is 327 g/mol. The summed E-state index contributed by atoms with van der Waals surface area (Å²) in [4.78, 5) is 12.1. The lowest BCUT2D eigenvalue weighted by Crippen LogP contribution is -2.14. The smallest absolute Gasteiger partial charge is 0.267 e. The maximum atomic E-state index is 12.1. The maximum Gasteiger partial charge on any atom is 0.267 e. The number of nitrogens with zero attached hydrogens (tertiary/aromatic N) is 1. The summed E-state index contributed by atoms with van der Waals surface area (Å²) in [6, 6.07) is 13.2. The van der Waals surface area contributed by atoms with Gasteiger partial charge in [0, 0.05) is 22.6 Å². The second-order valence-corrected chi connectivity index (χ2v) is 5.21. The molecule has 1 amide bonds. The van der Waals surface area contributed by atoms with E-state index in [2.05, 4.69) is 10.6 Å². The van der Waals surface area contributed by atoms with E-state index in [0.717, 1.165) is 5.56 Å². The first-order valence-electron chi connectivity index (χ1n) is 6.73. The van der Waals surface area contributed by atoms with Gasteiger partial charge in [-0.2, -0.15) is 5.26 Å². The van der Waals surface area contributed by atoms with Gasteiger partial charge in [0.2, 0.25) is 0 Å². The normalized spacial score (nSPS) is 10.7. The molecule has 0 aromatic heterocycles. The van der Waals surface area contributed by atoms with Gasteiger partial charge < -0.3 is 15.7 Å². The van der Waals surface area contributed by atoms with E-state index in [1.54, 1.807) is 43.3 Å². The molecule has 0 fully saturated rings. The molecule has 0 heterocycles. The fourth-order valence-corrected chi connectivity index (χ4v) is 2.06. The van der Waals surface area contributed by atoms with Gasteiger partial charge >= 0.3 is 0 Å². The molecule has 0 bridgehead atoms. The van der Waals surface area contributed by atoms with Gasteiger partial charge in [-0.1, -0.05) is 17.7 Å². The van der Waals surface area contributed by atoms with Crippen LogP contribution < -0.4 is 10.6 Å². The number of aryl methyl sites for hydroxylation is 1. The summed E-state index contributed by atoms with van der Waals surface area (Å²) in [5.74, 6) is -0.394. The molecule has 116 valence electrons. The summed E-state index contributed by atoms with van der Waals surface area (Å²) in [6.07, 6.45) is 1.32. The van der Waals surface area contributed by atoms with Crippen LogP contribution in [0.2, 0.25) is 5.02 Å². The minimum Gasteiger partial charge on any atom is -0.508 e. The van der Waals surface area contributed by atoms with Crippen LogP contribution in [0, 0.1) is 18.3 Å². The number of nitrogens with one attached hydrogen (secondary N) is 2. The van der Waals surface area contributed by atoms with Crippen LogP contribution in [-0.4, -0.2) is 11.0 Å². The lowest BCUT2D eigenvalue weighted by molar-refractivity contribution is -0.112. The molecule has 2 aromatic rings. The molecule has 3 N–H and O–H groups in total. The fraction of sp³-hybridized carbons (Fsp3) is 0.0588. The van der Waals surface area contributed by atoms with E-state index >= 15 is 0 Å². The fourth-order valence-electron chi connectivity index (χ4n) is 1.87. The minimum atomic E-state index is -0.543. The average molecular weight is 328 g/mol. The zero-order valence-corrected chi connectivity index (χ0v) is 13.1. The van der Waals surface area contributed by atoms with E-state index < -0.39 is 5.91 Å². The molecule has 0 radical (unpaired) electrons. The topological polar surface area (TPSA) is 85.2 Å². The Balaban J connectivity index is 2.12. The molecule has 6 heteroatoms. The number of rotatable bonds is 4. The highest BCUT2D eigenvalue weighted by atomic mass is 35.5. The second kappa shape index (κ2) is 7.34. The van der Waals surface area contributed by atoms with Gasteiger partial charge in [-0.15, -0.1) is 0 Å². The molecular weight excluding hydrogens is 314 g/mol. The Morgan fingerprint density at radius 3 is 2.74 bits per heavy atom. The number of halogens is 1. The Hall–Kier alpha value is -2.97. The molecule has 0 aliphatic heterocycles. The predicted molar refractivity (Wildman–Crippen MR) is 90.2 cm³/mol. The van der Waals surface area contributed by atoms with Crippen LogP contribution in [0.3, 0.4) is 0 Å². The highest BCUT2D eigenvalue weighted by Gasteiger charge is 2.09. The van der Waals surface area contributed by atoms with Gasteiger partial charge in [0.05, 0.1) is 0 Å². The van der Waals surface area contributed by atoms with Crippen molar-refractivity contribution in [3.8, 4) is 11.8 Å². The lowest BCUT2D eigenvalue weighted by Gasteiger charge is -2.07. The number of nitriles is 1. The second-order valence-electron chi connectivity index (χ2n) is 4.78. The lowest BCUT2D eigenvalue weighted by atomic mass is 10.2. The van der Waals surface area contributed by atoms with E-state index in [1.807, 2.05) is 6.07 Å². The SMILES string of the molecule is Cc1cc(O)ccc1N/C=C(/C#N)C(=O)Nc1cccc(Cl)c1. The molecule has 0 aliphatic carbocycles. The number of aromatic hydroxyl groups is 1. The summed E-state index contributed by atoms with van der Waals surface area (Å²) in [7, 11) is 0. The molecule has 0 saturated heterocycles. The number of amides is 1. The van der Waals surface area contributed by atoms with Crippen LogP contribution in [-0.2, 0) is 4.79 Å². The van der Waals surface area contributed by atoms with E-state index in [0.29, 0.717) is 16.4 Å². The zero-order chi connectivity index (χ0) is 16.8. The van der Waals surface area contributed by atoms with Crippen LogP contribution >= 0.6 is 11.6 Å². The molecule has 0 atom stereocenters. The first-order valence-corrected chi connectivity index (χ1v) is 7.11. The highest BCUT2D eigenvalue weighted by Crippen LogP contribution is 2.20. The minimum absolute atomic E-state index is 0.0857. The van der Waals surface area contributed by atoms with Crippen LogP contribution in [0.15, 0.2) is 54.2 Å². The molecule has 0 aliphatic rings. The summed E-state index contributed by atoms with van der Waals surface area (Å²) in [6.45, 7) is 1.80. The van der Waals surface area contributed by atoms with Crippen LogP contribution in [0.25, 0.3) is 0 Å². The average Bonchev–Trinajstić information content (AvgIpc) is 2.49. The summed E-state index contributed by atoms with van der Waals surface area (Å²) >= 11 is 5.85. The van der Waals surface area contributed by atoms with Crippen molar-refractivity contribution in [2.45, 2.75) is 6.92 Å². The van der Waals surface area contributed by atoms with Crippen molar-refractivity contribution in [3.63, 3.8) is 0 Å². The molecule has 2 rings (SSSR count). The molecule has 2 aromatic carbocycles. The van der Waals surface area contributed by atoms with Crippen molar-refractivity contribution in [3.05, 3.63) is 64.8 Å². The predicted octanol–water partition coefficient (Wildman–Crippen LogP) is 3.81. The van der Waals surface area contributed by atoms with E-state index in [4.69, 9.17) is 16.9 Å². The number of benzene rings is 2. The Bertz CT molecular complexity index is 810. The number of hydrogen-bond acceptors (Lipinski definition) is 4. The first-order chi connectivity index (χ1) is 11.0. The van der Waals surface area contributed by atoms with Crippen LogP contribution in [0.1, 0.15) is 5.56 Å². The number of carbonyl (C=O) groups is 1. The van der Waals surface area contributed by atoms with Crippen molar-refractivity contribution >= 4 is 28.9 Å². The maximum absolute atomic E-state index is 12.1. The van der Waals surface area contributed by atoms with Crippen molar-refractivity contribution in [1.29, 1.82) is 5.26 Å². The van der Waals surface area contributed by atoms with Crippen LogP contribution in [0.5, 0.6) is 5.75 Å². The van der Waals surface area contributed by atoms with Gasteiger partial charge in [-0.3, -0.25) is 4.79 Å². The number of hydrogen-bond donors (Lipinski definition) is 3. The Morgan fingerprint density at radius 1 is 1.30 bits per heavy atom. The van der Waals surface area contributed by atoms with Crippen molar-refractivity contribution < 1.29 is 9.90 Å². The number of anilines is 2. The first kappa shape index (κ1) is 16.4. The largest absolute Gasteiger partial charge is 0.508 e. The Morgan fingerprint density at radius 2 is 2.09 bits per heavy atom. The number of carbonyl (C=O) groups excluding carboxylic acids is 1. The molecule has 5 nitrogen and oxygen atoms in total. The van der Waals surface area contributed by atoms with Gasteiger partial charge in [0.25, 0.3) is 5.91 Å². The van der Waals surface area contributed by atoms with Crippen molar-refractivity contribution in [2.75, 3.05) is 10.6 Å². The molecule has 0 saturated carbocycles. The van der Waals surface area contributed by atoms with Crippen LogP contribution in [0.4, 0.5) is 11.4 Å². The quantitative estimate of drug-likeness (QED) is 0.453. The number of phenolic OH excluding ortho intramolecular Hbond substituents is 1. The van der Waals surface area contributed by atoms with Gasteiger partial charge in [-0.05, 0) is 48.9 Å². The van der Waals surface area contributed by atoms with Gasteiger partial charge in [0.15, 0.2) is 0 Å². The van der Waals surface area contributed by atoms with E-state index in [9.17, 15) is 9.90 Å². The third-order valence-corrected chi connectivity index (χ3v) is 3.26. The Labute approximate surface area is 138 Å². The zero-order valence-electron chi connectivity index (χ0n) is 12.3. The van der Waals surface area contributed by atoms with Gasteiger partial charge in [-0.25, -0.2) is 0 Å². The summed E-state index contributed by atoms with van der Waals surface area (Å²) in [5, 5.41) is 24.5. The third kappa shape index (κ3) is 4.50. The van der Waals surface area contributed by atoms with Crippen molar-refractivity contribution in [1.82, 2.24) is 0 Å². The highest BCUT2D eigenvalue weighted by molar-refractivity contribution is 6.31. The Kier molecular flexibility index (Phi) is 5.23. The third-order valence-electron chi connectivity index (χ3n) is 3.03. The standard InChI is InChI=1S/C17H14ClN3O2/c1-11-7-15(22)5-6-16(11)20-10-12(9-19)17(23)21-14-4-2-3-13(18)8-14/h2-8,10,20,22H,1H3,(H,21,23)/b12-10-. The van der Waals surface area contributed by atoms with Crippen molar-refractivity contribution in [2.24, 2.45) is 0 Å². The number of phenols is 1. The van der Waals surface area contributed by atoms with Gasteiger partial charge in [0.1, 0.15) is 17.4 Å². The van der Waals surface area contributed by atoms with E-state index in [-0.39, 0.29) is 11.3 Å². The summed E-state index contributed by atoms with van der Waals surface area (Å²) in [5.41, 5.74) is 1.89. The molecule has 0 unspecified atom stereocenters. The molecular formula is C17H14ClN3O2. The van der Waals surface area contributed by atoms with E-state index in [1.165, 1.54) is 12.3 Å². The molecule has 0 spiro atoms. The molecule has 23 heavy (non-hydrogen) atoms.